The molecular formula is C24H32N2O5. The highest BCUT2D eigenvalue weighted by Crippen LogP contribution is 2.38. The molecular weight excluding hydrogens is 396 g/mol. The molecule has 0 radical (unpaired) electrons. The summed E-state index contributed by atoms with van der Waals surface area (Å²) in [5.41, 5.74) is 1.43. The highest BCUT2D eigenvalue weighted by Gasteiger charge is 2.23. The number of carbonyl (C=O) groups is 1. The minimum atomic E-state index is -0.446. The van der Waals surface area contributed by atoms with Crippen LogP contribution in [0.15, 0.2) is 42.5 Å². The van der Waals surface area contributed by atoms with E-state index in [2.05, 4.69) is 10.2 Å². The second-order valence-corrected chi connectivity index (χ2v) is 7.72. The van der Waals surface area contributed by atoms with Gasteiger partial charge in [-0.25, -0.2) is 0 Å². The molecule has 1 fully saturated rings. The van der Waals surface area contributed by atoms with Crippen molar-refractivity contribution < 1.29 is 24.1 Å². The van der Waals surface area contributed by atoms with E-state index < -0.39 is 6.10 Å². The van der Waals surface area contributed by atoms with Gasteiger partial charge in [-0.15, -0.1) is 0 Å². The molecule has 3 rings (SSSR count). The topological polar surface area (TPSA) is 80.3 Å². The highest BCUT2D eigenvalue weighted by atomic mass is 16.5. The van der Waals surface area contributed by atoms with Gasteiger partial charge in [-0.2, -0.15) is 0 Å². The summed E-state index contributed by atoms with van der Waals surface area (Å²) >= 11 is 0. The van der Waals surface area contributed by atoms with Gasteiger partial charge in [0.25, 0.3) is 5.91 Å². The monoisotopic (exact) mass is 428 g/mol. The van der Waals surface area contributed by atoms with E-state index in [-0.39, 0.29) is 11.9 Å². The molecule has 0 bridgehead atoms. The summed E-state index contributed by atoms with van der Waals surface area (Å²) in [7, 11) is 4.60. The van der Waals surface area contributed by atoms with Gasteiger partial charge in [0, 0.05) is 31.2 Å². The van der Waals surface area contributed by atoms with Crippen LogP contribution in [0.2, 0.25) is 0 Å². The minimum absolute atomic E-state index is 0.113. The van der Waals surface area contributed by atoms with Gasteiger partial charge in [-0.3, -0.25) is 4.79 Å². The smallest absolute Gasteiger partial charge is 0.251 e. The number of piperidine rings is 1. The molecule has 168 valence electrons. The first-order valence-electron chi connectivity index (χ1n) is 10.6. The Morgan fingerprint density at radius 3 is 2.23 bits per heavy atom. The normalized spacial score (nSPS) is 15.9. The van der Waals surface area contributed by atoms with Crippen molar-refractivity contribution in [1.29, 1.82) is 0 Å². The zero-order valence-corrected chi connectivity index (χ0v) is 18.5. The van der Waals surface area contributed by atoms with E-state index in [1.807, 2.05) is 30.3 Å². The number of hydrogen-bond acceptors (Lipinski definition) is 6. The van der Waals surface area contributed by atoms with Gasteiger partial charge >= 0.3 is 0 Å². The molecule has 1 unspecified atom stereocenters. The van der Waals surface area contributed by atoms with Crippen molar-refractivity contribution in [2.24, 2.45) is 0 Å². The fourth-order valence-electron chi connectivity index (χ4n) is 3.93. The van der Waals surface area contributed by atoms with Crippen molar-refractivity contribution in [3.8, 4) is 17.2 Å². The Bertz CT molecular complexity index is 825. The van der Waals surface area contributed by atoms with Crippen molar-refractivity contribution in [1.82, 2.24) is 10.2 Å². The third-order valence-electron chi connectivity index (χ3n) is 5.75. The van der Waals surface area contributed by atoms with Crippen LogP contribution in [-0.2, 0) is 0 Å². The third kappa shape index (κ3) is 5.89. The zero-order valence-electron chi connectivity index (χ0n) is 18.5. The Labute approximate surface area is 183 Å². The molecule has 31 heavy (non-hydrogen) atoms. The summed E-state index contributed by atoms with van der Waals surface area (Å²) < 4.78 is 16.0. The van der Waals surface area contributed by atoms with Crippen LogP contribution in [0.1, 0.15) is 41.3 Å². The maximum absolute atomic E-state index is 12.8. The van der Waals surface area contributed by atoms with E-state index in [0.717, 1.165) is 38.0 Å². The van der Waals surface area contributed by atoms with Crippen molar-refractivity contribution in [3.05, 3.63) is 53.6 Å². The first-order valence-corrected chi connectivity index (χ1v) is 10.6. The lowest BCUT2D eigenvalue weighted by atomic mass is 10.0. The quantitative estimate of drug-likeness (QED) is 0.639. The van der Waals surface area contributed by atoms with E-state index in [1.54, 1.807) is 12.1 Å². The van der Waals surface area contributed by atoms with E-state index in [1.165, 1.54) is 21.3 Å². The van der Waals surface area contributed by atoms with Gasteiger partial charge in [-0.05, 0) is 37.0 Å². The van der Waals surface area contributed by atoms with Crippen molar-refractivity contribution >= 4 is 5.91 Å². The van der Waals surface area contributed by atoms with Crippen LogP contribution in [0.4, 0.5) is 0 Å². The van der Waals surface area contributed by atoms with Gasteiger partial charge in [-0.1, -0.05) is 30.3 Å². The molecule has 0 spiro atoms. The molecule has 7 heteroatoms. The average molecular weight is 429 g/mol. The molecule has 1 atom stereocenters. The van der Waals surface area contributed by atoms with E-state index >= 15 is 0 Å². The number of benzene rings is 2. The van der Waals surface area contributed by atoms with Gasteiger partial charge < -0.3 is 29.5 Å². The second-order valence-electron chi connectivity index (χ2n) is 7.72. The van der Waals surface area contributed by atoms with E-state index in [4.69, 9.17) is 14.2 Å². The Balaban J connectivity index is 1.50. The highest BCUT2D eigenvalue weighted by molar-refractivity contribution is 5.95. The maximum atomic E-state index is 12.8. The number of amides is 1. The van der Waals surface area contributed by atoms with Crippen LogP contribution in [0.3, 0.4) is 0 Å². The molecule has 1 heterocycles. The maximum Gasteiger partial charge on any atom is 0.251 e. The van der Waals surface area contributed by atoms with Crippen LogP contribution in [-0.4, -0.2) is 62.9 Å². The number of methoxy groups -OCH3 is 3. The van der Waals surface area contributed by atoms with Crippen LogP contribution in [0.25, 0.3) is 0 Å². The number of rotatable bonds is 9. The van der Waals surface area contributed by atoms with Gasteiger partial charge in [0.15, 0.2) is 11.5 Å². The molecule has 1 aliphatic rings. The SMILES string of the molecule is COc1cc(C(=O)NC2CCN(CCC(O)c3ccccc3)CC2)cc(OC)c1OC. The molecule has 1 amide bonds. The number of carbonyl (C=O) groups excluding carboxylic acids is 1. The van der Waals surface area contributed by atoms with Gasteiger partial charge in [0.2, 0.25) is 5.75 Å². The lowest BCUT2D eigenvalue weighted by molar-refractivity contribution is 0.0900. The molecule has 2 N–H and O–H groups in total. The van der Waals surface area contributed by atoms with Crippen LogP contribution in [0.5, 0.6) is 17.2 Å². The lowest BCUT2D eigenvalue weighted by Gasteiger charge is -2.32. The molecule has 2 aromatic rings. The average Bonchev–Trinajstić information content (AvgIpc) is 2.82. The Hall–Kier alpha value is -2.77. The molecule has 1 saturated heterocycles. The van der Waals surface area contributed by atoms with Crippen molar-refractivity contribution in [2.75, 3.05) is 41.0 Å². The Morgan fingerprint density at radius 2 is 1.68 bits per heavy atom. The Morgan fingerprint density at radius 1 is 1.06 bits per heavy atom. The largest absolute Gasteiger partial charge is 0.493 e. The number of ether oxygens (including phenoxy) is 3. The zero-order chi connectivity index (χ0) is 22.2. The van der Waals surface area contributed by atoms with Crippen molar-refractivity contribution in [3.63, 3.8) is 0 Å². The fourth-order valence-corrected chi connectivity index (χ4v) is 3.93. The molecule has 0 saturated carbocycles. The summed E-state index contributed by atoms with van der Waals surface area (Å²) in [5.74, 6) is 1.22. The summed E-state index contributed by atoms with van der Waals surface area (Å²) in [6, 6.07) is 13.2. The summed E-state index contributed by atoms with van der Waals surface area (Å²) in [5, 5.41) is 13.5. The number of aliphatic hydroxyl groups is 1. The predicted molar refractivity (Wildman–Crippen MR) is 119 cm³/mol. The Kier molecular flexibility index (Phi) is 8.14. The van der Waals surface area contributed by atoms with Gasteiger partial charge in [0.1, 0.15) is 0 Å². The summed E-state index contributed by atoms with van der Waals surface area (Å²) in [4.78, 5) is 15.1. The lowest BCUT2D eigenvalue weighted by Crippen LogP contribution is -2.45. The van der Waals surface area contributed by atoms with Crippen LogP contribution < -0.4 is 19.5 Å². The molecule has 2 aromatic carbocycles. The molecule has 0 aliphatic carbocycles. The number of nitrogens with zero attached hydrogens (tertiary/aromatic N) is 1. The second kappa shape index (κ2) is 11.0. The molecule has 7 nitrogen and oxygen atoms in total. The van der Waals surface area contributed by atoms with Crippen LogP contribution in [0, 0.1) is 0 Å². The van der Waals surface area contributed by atoms with E-state index in [0.29, 0.717) is 29.2 Å². The predicted octanol–water partition coefficient (Wildman–Crippen LogP) is 3.03. The number of hydrogen-bond donors (Lipinski definition) is 2. The number of aliphatic hydroxyl groups excluding tert-OH is 1. The van der Waals surface area contributed by atoms with E-state index in [9.17, 15) is 9.90 Å². The number of likely N-dealkylation sites (tertiary alicyclic amines) is 1. The van der Waals surface area contributed by atoms with Crippen LogP contribution >= 0.6 is 0 Å². The summed E-state index contributed by atoms with van der Waals surface area (Å²) in [6.07, 6.45) is 2.00. The first kappa shape index (κ1) is 22.9. The molecule has 0 aromatic heterocycles. The minimum Gasteiger partial charge on any atom is -0.493 e. The third-order valence-corrected chi connectivity index (χ3v) is 5.75. The summed E-state index contributed by atoms with van der Waals surface area (Å²) in [6.45, 7) is 2.62. The fraction of sp³-hybridized carbons (Fsp3) is 0.458. The van der Waals surface area contributed by atoms with Gasteiger partial charge in [0.05, 0.1) is 27.4 Å². The standard InChI is InChI=1S/C24H32N2O5/c1-29-21-15-18(16-22(30-2)23(21)31-3)24(28)25-19-9-12-26(13-10-19)14-11-20(27)17-7-5-4-6-8-17/h4-8,15-16,19-20,27H,9-14H2,1-3H3,(H,25,28). The van der Waals surface area contributed by atoms with Crippen molar-refractivity contribution in [2.45, 2.75) is 31.4 Å². The molecule has 1 aliphatic heterocycles. The first-order chi connectivity index (χ1) is 15.0. The number of nitrogens with one attached hydrogen (secondary N) is 1.